The number of aliphatic imine (C=N–C) groups is 1. The van der Waals surface area contributed by atoms with E-state index in [0.29, 0.717) is 36.2 Å². The van der Waals surface area contributed by atoms with Crippen molar-refractivity contribution in [3.8, 4) is 0 Å². The highest BCUT2D eigenvalue weighted by atomic mass is 32.2. The van der Waals surface area contributed by atoms with Gasteiger partial charge in [0.2, 0.25) is 5.91 Å². The van der Waals surface area contributed by atoms with Crippen molar-refractivity contribution < 1.29 is 22.8 Å². The van der Waals surface area contributed by atoms with Gasteiger partial charge in [0.05, 0.1) is 11.5 Å². The van der Waals surface area contributed by atoms with Gasteiger partial charge in [-0.2, -0.15) is 13.2 Å². The lowest BCUT2D eigenvalue weighted by Crippen LogP contribution is -2.39. The number of amides is 1. The molecular formula is C25H23F3N2O2S. The summed E-state index contributed by atoms with van der Waals surface area (Å²) in [6, 6.07) is 12.2. The summed E-state index contributed by atoms with van der Waals surface area (Å²) < 4.78 is 39.4. The molecule has 2 aromatic carbocycles. The van der Waals surface area contributed by atoms with Crippen molar-refractivity contribution in [2.24, 2.45) is 10.9 Å². The Morgan fingerprint density at radius 1 is 1.12 bits per heavy atom. The molecule has 1 N–H and O–H groups in total. The lowest BCUT2D eigenvalue weighted by molar-refractivity contribution is -0.137. The number of nitrogens with zero attached hydrogens (tertiary/aromatic N) is 1. The highest BCUT2D eigenvalue weighted by Crippen LogP contribution is 2.44. The van der Waals surface area contributed by atoms with Gasteiger partial charge in [0, 0.05) is 39.9 Å². The number of carbonyl (C=O) groups is 2. The van der Waals surface area contributed by atoms with Crippen molar-refractivity contribution in [1.29, 1.82) is 0 Å². The average Bonchev–Trinajstić information content (AvgIpc) is 2.78. The van der Waals surface area contributed by atoms with Crippen molar-refractivity contribution in [1.82, 2.24) is 0 Å². The second-order valence-corrected chi connectivity index (χ2v) is 9.07. The van der Waals surface area contributed by atoms with Crippen molar-refractivity contribution in [3.63, 3.8) is 0 Å². The fourth-order valence-corrected chi connectivity index (χ4v) is 4.92. The van der Waals surface area contributed by atoms with Crippen LogP contribution in [0.2, 0.25) is 0 Å². The molecule has 1 aliphatic carbocycles. The Labute approximate surface area is 194 Å². The van der Waals surface area contributed by atoms with Gasteiger partial charge >= 0.3 is 6.18 Å². The number of alkyl halides is 3. The molecule has 0 spiro atoms. The van der Waals surface area contributed by atoms with Crippen LogP contribution in [0.5, 0.6) is 0 Å². The molecule has 4 nitrogen and oxygen atoms in total. The maximum Gasteiger partial charge on any atom is 0.416 e. The van der Waals surface area contributed by atoms with E-state index in [1.165, 1.54) is 12.1 Å². The summed E-state index contributed by atoms with van der Waals surface area (Å²) in [5.74, 6) is -1.85. The van der Waals surface area contributed by atoms with Crippen LogP contribution in [0.1, 0.15) is 43.2 Å². The van der Waals surface area contributed by atoms with E-state index >= 15 is 0 Å². The number of carbonyl (C=O) groups excluding carboxylic acids is 2. The fourth-order valence-electron chi connectivity index (χ4n) is 4.51. The molecule has 0 bridgehead atoms. The van der Waals surface area contributed by atoms with Gasteiger partial charge in [-0.1, -0.05) is 18.2 Å². The Hall–Kier alpha value is -2.87. The second-order valence-electron chi connectivity index (χ2n) is 8.19. The summed E-state index contributed by atoms with van der Waals surface area (Å²) in [6.45, 7) is 1.74. The van der Waals surface area contributed by atoms with Crippen molar-refractivity contribution in [2.75, 3.05) is 11.6 Å². The number of hydrogen-bond acceptors (Lipinski definition) is 4. The number of allylic oxidation sites excluding steroid dienone is 2. The first-order valence-corrected chi connectivity index (χ1v) is 11.8. The van der Waals surface area contributed by atoms with Crippen LogP contribution in [-0.4, -0.2) is 23.7 Å². The van der Waals surface area contributed by atoms with Gasteiger partial charge in [-0.25, -0.2) is 0 Å². The molecule has 0 radical (unpaired) electrons. The van der Waals surface area contributed by atoms with Gasteiger partial charge in [-0.05, 0) is 61.9 Å². The summed E-state index contributed by atoms with van der Waals surface area (Å²) in [6.07, 6.45) is -0.774. The molecule has 1 aliphatic heterocycles. The number of ketones is 1. The Balaban J connectivity index is 1.73. The fraction of sp³-hybridized carbons (Fsp3) is 0.320. The Bertz CT molecular complexity index is 1150. The Morgan fingerprint density at radius 2 is 1.85 bits per heavy atom. The first-order valence-electron chi connectivity index (χ1n) is 10.6. The van der Waals surface area contributed by atoms with Gasteiger partial charge in [-0.15, -0.1) is 11.8 Å². The summed E-state index contributed by atoms with van der Waals surface area (Å²) >= 11 is 1.59. The molecule has 1 amide bonds. The Kier molecular flexibility index (Phi) is 6.47. The van der Waals surface area contributed by atoms with Crippen LogP contribution in [-0.2, 0) is 15.8 Å². The molecule has 33 heavy (non-hydrogen) atoms. The highest BCUT2D eigenvalue weighted by Gasteiger charge is 2.42. The SMILES string of the molecule is CSc1ccc([C@H]2C3=C(CCCC3=O)N=C(C)C2C(=O)Nc2cccc(C(F)(F)F)c2)cc1. The first kappa shape index (κ1) is 23.3. The summed E-state index contributed by atoms with van der Waals surface area (Å²) in [4.78, 5) is 32.0. The normalized spacial score (nSPS) is 20.9. The third-order valence-corrected chi connectivity index (χ3v) is 6.79. The standard InChI is InChI=1S/C25H23F3N2O2S/c1-14-21(24(32)30-17-6-3-5-16(13-17)25(26,27)28)22(15-9-11-18(33-2)12-10-15)23-19(29-14)7-4-8-20(23)31/h3,5-6,9-13,21-22H,4,7-8H2,1-2H3,(H,30,32)/t21?,22-/m1/s1. The number of thioether (sulfide) groups is 1. The molecule has 2 atom stereocenters. The minimum Gasteiger partial charge on any atom is -0.325 e. The zero-order valence-corrected chi connectivity index (χ0v) is 19.0. The van der Waals surface area contributed by atoms with Crippen LogP contribution < -0.4 is 5.32 Å². The maximum atomic E-state index is 13.4. The van der Waals surface area contributed by atoms with E-state index in [2.05, 4.69) is 10.3 Å². The molecule has 0 saturated carbocycles. The molecule has 1 heterocycles. The van der Waals surface area contributed by atoms with Gasteiger partial charge in [0.25, 0.3) is 0 Å². The van der Waals surface area contributed by atoms with Crippen LogP contribution in [0, 0.1) is 5.92 Å². The van der Waals surface area contributed by atoms with Crippen molar-refractivity contribution in [2.45, 2.75) is 43.2 Å². The number of nitrogens with one attached hydrogen (secondary N) is 1. The highest BCUT2D eigenvalue weighted by molar-refractivity contribution is 7.98. The summed E-state index contributed by atoms with van der Waals surface area (Å²) in [5.41, 5.74) is 1.83. The van der Waals surface area contributed by atoms with Gasteiger partial charge in [0.1, 0.15) is 0 Å². The minimum absolute atomic E-state index is 0.0247. The zero-order valence-electron chi connectivity index (χ0n) is 18.2. The molecule has 0 aromatic heterocycles. The molecule has 0 fully saturated rings. The smallest absolute Gasteiger partial charge is 0.325 e. The van der Waals surface area contributed by atoms with Crippen LogP contribution in [0.25, 0.3) is 0 Å². The number of rotatable bonds is 4. The largest absolute Gasteiger partial charge is 0.416 e. The van der Waals surface area contributed by atoms with Gasteiger partial charge in [0.15, 0.2) is 5.78 Å². The average molecular weight is 473 g/mol. The molecule has 1 unspecified atom stereocenters. The number of anilines is 1. The maximum absolute atomic E-state index is 13.4. The second kappa shape index (κ2) is 9.17. The topological polar surface area (TPSA) is 58.5 Å². The molecule has 2 aliphatic rings. The number of hydrogen-bond donors (Lipinski definition) is 1. The predicted octanol–water partition coefficient (Wildman–Crippen LogP) is 6.25. The van der Waals surface area contributed by atoms with E-state index in [9.17, 15) is 22.8 Å². The van der Waals surface area contributed by atoms with Gasteiger partial charge < -0.3 is 5.32 Å². The zero-order chi connectivity index (χ0) is 23.8. The van der Waals surface area contributed by atoms with E-state index in [1.54, 1.807) is 18.7 Å². The molecule has 2 aromatic rings. The van der Waals surface area contributed by atoms with E-state index < -0.39 is 29.5 Å². The van der Waals surface area contributed by atoms with E-state index in [1.807, 2.05) is 30.5 Å². The molecule has 8 heteroatoms. The van der Waals surface area contributed by atoms with Crippen molar-refractivity contribution in [3.05, 3.63) is 70.9 Å². The summed E-state index contributed by atoms with van der Waals surface area (Å²) in [7, 11) is 0. The van der Waals surface area contributed by atoms with Crippen molar-refractivity contribution >= 4 is 34.9 Å². The summed E-state index contributed by atoms with van der Waals surface area (Å²) in [5, 5.41) is 2.63. The molecular weight excluding hydrogens is 449 g/mol. The quantitative estimate of drug-likeness (QED) is 0.536. The predicted molar refractivity (Wildman–Crippen MR) is 124 cm³/mol. The molecule has 0 saturated heterocycles. The third-order valence-electron chi connectivity index (χ3n) is 6.05. The minimum atomic E-state index is -4.52. The van der Waals surface area contributed by atoms with Crippen LogP contribution in [0.15, 0.2) is 69.7 Å². The molecule has 172 valence electrons. The lowest BCUT2D eigenvalue weighted by Gasteiger charge is -2.35. The van der Waals surface area contributed by atoms with E-state index in [0.717, 1.165) is 22.6 Å². The third kappa shape index (κ3) is 4.76. The number of benzene rings is 2. The molecule has 4 rings (SSSR count). The van der Waals surface area contributed by atoms with Gasteiger partial charge in [-0.3, -0.25) is 14.6 Å². The number of Topliss-reactive ketones (excluding diaryl/α,β-unsaturated/α-hetero) is 1. The van der Waals surface area contributed by atoms with Crippen LogP contribution in [0.3, 0.4) is 0 Å². The first-order chi connectivity index (χ1) is 15.7. The number of halogens is 3. The van der Waals surface area contributed by atoms with E-state index in [-0.39, 0.29) is 11.5 Å². The lowest BCUT2D eigenvalue weighted by atomic mass is 9.71. The van der Waals surface area contributed by atoms with E-state index in [4.69, 9.17) is 0 Å². The van der Waals surface area contributed by atoms with Crippen LogP contribution >= 0.6 is 11.8 Å². The van der Waals surface area contributed by atoms with Crippen LogP contribution in [0.4, 0.5) is 18.9 Å². The monoisotopic (exact) mass is 472 g/mol. The Morgan fingerprint density at radius 3 is 2.52 bits per heavy atom.